The van der Waals surface area contributed by atoms with Crippen molar-refractivity contribution in [2.24, 2.45) is 11.8 Å². The third-order valence-electron chi connectivity index (χ3n) is 5.55. The number of carbonyl (C=O) groups is 1. The van der Waals surface area contributed by atoms with Gasteiger partial charge in [0.1, 0.15) is 11.4 Å². The van der Waals surface area contributed by atoms with Crippen molar-refractivity contribution in [3.8, 4) is 0 Å². The van der Waals surface area contributed by atoms with Gasteiger partial charge in [-0.15, -0.1) is 10.2 Å². The summed E-state index contributed by atoms with van der Waals surface area (Å²) in [5.41, 5.74) is 0.684. The van der Waals surface area contributed by atoms with Crippen LogP contribution in [0.5, 0.6) is 0 Å². The Balaban J connectivity index is 1.32. The van der Waals surface area contributed by atoms with Gasteiger partial charge in [-0.25, -0.2) is 4.79 Å². The maximum atomic E-state index is 12.3. The Morgan fingerprint density at radius 3 is 2.46 bits per heavy atom. The molecule has 2 heterocycles. The Kier molecular flexibility index (Phi) is 4.49. The lowest BCUT2D eigenvalue weighted by atomic mass is 10.0. The maximum absolute atomic E-state index is 12.3. The first-order valence-corrected chi connectivity index (χ1v) is 9.94. The highest BCUT2D eigenvalue weighted by molar-refractivity contribution is 6.30. The number of nitrogens with one attached hydrogen (secondary N) is 1. The van der Waals surface area contributed by atoms with Crippen LogP contribution in [-0.2, 0) is 4.74 Å². The summed E-state index contributed by atoms with van der Waals surface area (Å²) in [4.78, 5) is 14.1. The second-order valence-corrected chi connectivity index (χ2v) is 9.33. The van der Waals surface area contributed by atoms with E-state index < -0.39 is 5.60 Å². The zero-order valence-corrected chi connectivity index (χ0v) is 16.4. The summed E-state index contributed by atoms with van der Waals surface area (Å²) in [5, 5.41) is 12.4. The Labute approximate surface area is 159 Å². The minimum atomic E-state index is -0.439. The summed E-state index contributed by atoms with van der Waals surface area (Å²) in [7, 11) is 0. The van der Waals surface area contributed by atoms with E-state index in [1.165, 1.54) is 12.8 Å². The van der Waals surface area contributed by atoms with E-state index >= 15 is 0 Å². The van der Waals surface area contributed by atoms with E-state index in [1.807, 2.05) is 25.7 Å². The van der Waals surface area contributed by atoms with Crippen LogP contribution in [0.15, 0.2) is 6.07 Å². The second-order valence-electron chi connectivity index (χ2n) is 8.97. The van der Waals surface area contributed by atoms with Gasteiger partial charge in [0.05, 0.1) is 0 Å². The average molecular weight is 379 g/mol. The molecular formula is C19H27ClN4O2. The second kappa shape index (κ2) is 6.55. The van der Waals surface area contributed by atoms with Crippen LogP contribution in [0.2, 0.25) is 5.15 Å². The summed E-state index contributed by atoms with van der Waals surface area (Å²) in [5.74, 6) is 2.44. The predicted octanol–water partition coefficient (Wildman–Crippen LogP) is 4.06. The molecule has 1 unspecified atom stereocenters. The molecule has 6 nitrogen and oxygen atoms in total. The molecule has 0 radical (unpaired) electrons. The van der Waals surface area contributed by atoms with Gasteiger partial charge in [-0.3, -0.25) is 0 Å². The van der Waals surface area contributed by atoms with Gasteiger partial charge in [-0.2, -0.15) is 0 Å². The minimum Gasteiger partial charge on any atom is -0.444 e. The molecule has 1 aliphatic heterocycles. The molecule has 0 bridgehead atoms. The first-order valence-electron chi connectivity index (χ1n) is 9.56. The zero-order valence-electron chi connectivity index (χ0n) is 15.7. The lowest BCUT2D eigenvalue weighted by molar-refractivity contribution is 0.0280. The highest BCUT2D eigenvalue weighted by Crippen LogP contribution is 2.44. The molecule has 7 heteroatoms. The van der Waals surface area contributed by atoms with Crippen molar-refractivity contribution < 1.29 is 9.53 Å². The van der Waals surface area contributed by atoms with Crippen LogP contribution in [0.4, 0.5) is 10.6 Å². The van der Waals surface area contributed by atoms with Gasteiger partial charge < -0.3 is 15.0 Å². The van der Waals surface area contributed by atoms with Crippen molar-refractivity contribution >= 4 is 23.5 Å². The van der Waals surface area contributed by atoms with Gasteiger partial charge in [0.15, 0.2) is 5.15 Å². The van der Waals surface area contributed by atoms with Gasteiger partial charge in [0.25, 0.3) is 0 Å². The molecule has 142 valence electrons. The van der Waals surface area contributed by atoms with Crippen LogP contribution in [0, 0.1) is 11.8 Å². The molecule has 1 aromatic rings. The Bertz CT molecular complexity index is 687. The number of halogens is 1. The van der Waals surface area contributed by atoms with Crippen molar-refractivity contribution in [3.05, 3.63) is 16.8 Å². The van der Waals surface area contributed by atoms with E-state index in [-0.39, 0.29) is 6.09 Å². The highest BCUT2D eigenvalue weighted by Gasteiger charge is 2.43. The standard InChI is InChI=1S/C19H27ClN4O2/c1-19(2,3)26-18(25)24-9-12-6-14(7-13(12)10-24)21-16-8-15(11-4-5-11)17(20)23-22-16/h8,11-14H,4-7,9-10H2,1-3H3,(H,21,22)/t12-,13+,14?. The molecule has 1 aromatic heterocycles. The van der Waals surface area contributed by atoms with Crippen molar-refractivity contribution in [2.45, 2.75) is 64.0 Å². The third-order valence-corrected chi connectivity index (χ3v) is 5.84. The van der Waals surface area contributed by atoms with E-state index in [0.717, 1.165) is 37.3 Å². The summed E-state index contributed by atoms with van der Waals surface area (Å²) in [6, 6.07) is 2.45. The summed E-state index contributed by atoms with van der Waals surface area (Å²) < 4.78 is 5.50. The fourth-order valence-electron chi connectivity index (χ4n) is 4.24. The number of hydrogen-bond donors (Lipinski definition) is 1. The fourth-order valence-corrected chi connectivity index (χ4v) is 4.49. The molecule has 1 N–H and O–H groups in total. The van der Waals surface area contributed by atoms with Gasteiger partial charge in [0, 0.05) is 19.1 Å². The smallest absolute Gasteiger partial charge is 0.410 e. The van der Waals surface area contributed by atoms with Crippen LogP contribution in [0.3, 0.4) is 0 Å². The van der Waals surface area contributed by atoms with Crippen LogP contribution < -0.4 is 5.32 Å². The normalized spacial score (nSPS) is 28.2. The number of aromatic nitrogens is 2. The number of carbonyl (C=O) groups excluding carboxylic acids is 1. The predicted molar refractivity (Wildman–Crippen MR) is 100 cm³/mol. The quantitative estimate of drug-likeness (QED) is 0.858. The van der Waals surface area contributed by atoms with Crippen molar-refractivity contribution in [3.63, 3.8) is 0 Å². The molecule has 0 aromatic carbocycles. The van der Waals surface area contributed by atoms with Crippen LogP contribution in [0.1, 0.15) is 57.9 Å². The number of nitrogens with zero attached hydrogens (tertiary/aromatic N) is 3. The van der Waals surface area contributed by atoms with E-state index in [0.29, 0.717) is 28.9 Å². The zero-order chi connectivity index (χ0) is 18.5. The average Bonchev–Trinajstić information content (AvgIpc) is 3.19. The topological polar surface area (TPSA) is 67.3 Å². The minimum absolute atomic E-state index is 0.186. The number of rotatable bonds is 3. The largest absolute Gasteiger partial charge is 0.444 e. The molecule has 4 rings (SSSR count). The molecule has 26 heavy (non-hydrogen) atoms. The number of amides is 1. The van der Waals surface area contributed by atoms with Gasteiger partial charge in [-0.05, 0) is 75.8 Å². The first-order chi connectivity index (χ1) is 12.3. The number of likely N-dealkylation sites (tertiary alicyclic amines) is 1. The lowest BCUT2D eigenvalue weighted by Crippen LogP contribution is -2.36. The SMILES string of the molecule is CC(C)(C)OC(=O)N1C[C@H]2CC(Nc3cc(C4CC4)c(Cl)nn3)C[C@H]2C1. The maximum Gasteiger partial charge on any atom is 0.410 e. The highest BCUT2D eigenvalue weighted by atomic mass is 35.5. The summed E-state index contributed by atoms with van der Waals surface area (Å²) >= 11 is 6.17. The van der Waals surface area contributed by atoms with Gasteiger partial charge >= 0.3 is 6.09 Å². The number of ether oxygens (including phenoxy) is 1. The van der Waals surface area contributed by atoms with E-state index in [9.17, 15) is 4.79 Å². The Hall–Kier alpha value is -1.56. The molecule has 2 saturated carbocycles. The molecule has 3 atom stereocenters. The first kappa shape index (κ1) is 17.8. The number of hydrogen-bond acceptors (Lipinski definition) is 5. The Morgan fingerprint density at radius 1 is 1.23 bits per heavy atom. The number of anilines is 1. The molecule has 3 fully saturated rings. The van der Waals surface area contributed by atoms with Crippen LogP contribution >= 0.6 is 11.6 Å². The van der Waals surface area contributed by atoms with Crippen molar-refractivity contribution in [2.75, 3.05) is 18.4 Å². The molecule has 1 saturated heterocycles. The fraction of sp³-hybridized carbons (Fsp3) is 0.737. The van der Waals surface area contributed by atoms with Crippen molar-refractivity contribution in [1.29, 1.82) is 0 Å². The Morgan fingerprint density at radius 2 is 1.88 bits per heavy atom. The summed E-state index contributed by atoms with van der Waals surface area (Å²) in [6.45, 7) is 7.30. The van der Waals surface area contributed by atoms with Crippen LogP contribution in [-0.4, -0.2) is 45.9 Å². The van der Waals surface area contributed by atoms with Gasteiger partial charge in [0.2, 0.25) is 0 Å². The van der Waals surface area contributed by atoms with E-state index in [4.69, 9.17) is 16.3 Å². The summed E-state index contributed by atoms with van der Waals surface area (Å²) in [6.07, 6.45) is 4.30. The van der Waals surface area contributed by atoms with Crippen molar-refractivity contribution in [1.82, 2.24) is 15.1 Å². The van der Waals surface area contributed by atoms with E-state index in [2.05, 4.69) is 21.6 Å². The monoisotopic (exact) mass is 378 g/mol. The molecule has 2 aliphatic carbocycles. The van der Waals surface area contributed by atoms with Gasteiger partial charge in [-0.1, -0.05) is 11.6 Å². The third kappa shape index (κ3) is 3.90. The van der Waals surface area contributed by atoms with E-state index in [1.54, 1.807) is 0 Å². The number of fused-ring (bicyclic) bond motifs is 1. The van der Waals surface area contributed by atoms with Crippen LogP contribution in [0.25, 0.3) is 0 Å². The lowest BCUT2D eigenvalue weighted by Gasteiger charge is -2.25. The molecule has 0 spiro atoms. The molecule has 3 aliphatic rings. The molecular weight excluding hydrogens is 352 g/mol. The molecule has 1 amide bonds.